The van der Waals surface area contributed by atoms with E-state index in [9.17, 15) is 0 Å². The highest BCUT2D eigenvalue weighted by molar-refractivity contribution is 5.53. The molecule has 0 spiro atoms. The molecular weight excluding hydrogens is 364 g/mol. The number of hydrogen-bond donors (Lipinski definition) is 0. The maximum absolute atomic E-state index is 6.24. The molecule has 4 aliphatic rings. The van der Waals surface area contributed by atoms with Gasteiger partial charge in [0.2, 0.25) is 13.6 Å². The molecule has 2 aromatic carbocycles. The van der Waals surface area contributed by atoms with E-state index < -0.39 is 0 Å². The number of hydrogen-bond acceptors (Lipinski definition) is 7. The summed E-state index contributed by atoms with van der Waals surface area (Å²) < 4.78 is 40.0. The summed E-state index contributed by atoms with van der Waals surface area (Å²) in [6, 6.07) is 9.86. The minimum Gasteiger partial charge on any atom is -0.496 e. The molecule has 7 heteroatoms. The Labute approximate surface area is 162 Å². The van der Waals surface area contributed by atoms with Gasteiger partial charge < -0.3 is 33.2 Å². The van der Waals surface area contributed by atoms with Crippen LogP contribution in [0.4, 0.5) is 0 Å². The summed E-state index contributed by atoms with van der Waals surface area (Å²) in [5.41, 5.74) is 2.08. The molecule has 0 aromatic heterocycles. The van der Waals surface area contributed by atoms with Gasteiger partial charge in [-0.25, -0.2) is 0 Å². The molecular formula is C21H20O7. The standard InChI is InChI=1S/C21H20O7/c1-22-16-6-19-18(27-10-28-19)5-12(16)21-14-8-23-20(13(14)7-24-21)11-2-3-15-17(4-11)26-9-25-15/h2-6,13-14,20-21H,7-10H2,1H3/t13-,14+,20+,21-/m0/s1. The van der Waals surface area contributed by atoms with Gasteiger partial charge in [-0.3, -0.25) is 0 Å². The Balaban J connectivity index is 1.30. The summed E-state index contributed by atoms with van der Waals surface area (Å²) in [6.07, 6.45) is -0.127. The van der Waals surface area contributed by atoms with Crippen LogP contribution in [0.2, 0.25) is 0 Å². The van der Waals surface area contributed by atoms with E-state index in [4.69, 9.17) is 33.2 Å². The van der Waals surface area contributed by atoms with E-state index in [1.54, 1.807) is 7.11 Å². The summed E-state index contributed by atoms with van der Waals surface area (Å²) in [5, 5.41) is 0. The van der Waals surface area contributed by atoms with Gasteiger partial charge in [0.25, 0.3) is 0 Å². The van der Waals surface area contributed by atoms with E-state index in [0.29, 0.717) is 19.0 Å². The first-order valence-corrected chi connectivity index (χ1v) is 9.42. The molecule has 7 nitrogen and oxygen atoms in total. The lowest BCUT2D eigenvalue weighted by molar-refractivity contribution is 0.0184. The van der Waals surface area contributed by atoms with Crippen LogP contribution in [0.25, 0.3) is 0 Å². The second-order valence-corrected chi connectivity index (χ2v) is 7.40. The molecule has 2 fully saturated rings. The molecule has 4 aliphatic heterocycles. The molecule has 0 aliphatic carbocycles. The van der Waals surface area contributed by atoms with Crippen LogP contribution < -0.4 is 23.7 Å². The summed E-state index contributed by atoms with van der Waals surface area (Å²) in [4.78, 5) is 0. The smallest absolute Gasteiger partial charge is 0.231 e. The zero-order valence-electron chi connectivity index (χ0n) is 15.4. The number of ether oxygens (including phenoxy) is 7. The Morgan fingerprint density at radius 1 is 0.750 bits per heavy atom. The molecule has 0 amide bonds. The molecule has 2 aromatic rings. The Hall–Kier alpha value is -2.64. The Morgan fingerprint density at radius 2 is 1.39 bits per heavy atom. The molecule has 0 bridgehead atoms. The molecule has 0 saturated carbocycles. The average Bonchev–Trinajstić information content (AvgIpc) is 3.49. The second-order valence-electron chi connectivity index (χ2n) is 7.40. The van der Waals surface area contributed by atoms with Crippen molar-refractivity contribution in [1.82, 2.24) is 0 Å². The summed E-state index contributed by atoms with van der Waals surface area (Å²) in [7, 11) is 1.66. The van der Waals surface area contributed by atoms with Gasteiger partial charge >= 0.3 is 0 Å². The lowest BCUT2D eigenvalue weighted by atomic mass is 9.84. The molecule has 0 unspecified atom stereocenters. The van der Waals surface area contributed by atoms with Crippen molar-refractivity contribution >= 4 is 0 Å². The van der Waals surface area contributed by atoms with Crippen molar-refractivity contribution in [3.05, 3.63) is 41.5 Å². The van der Waals surface area contributed by atoms with Gasteiger partial charge in [-0.15, -0.1) is 0 Å². The van der Waals surface area contributed by atoms with Crippen molar-refractivity contribution in [2.75, 3.05) is 33.9 Å². The Kier molecular flexibility index (Phi) is 3.61. The highest BCUT2D eigenvalue weighted by atomic mass is 16.7. The fourth-order valence-electron chi connectivity index (χ4n) is 4.64. The molecule has 146 valence electrons. The highest BCUT2D eigenvalue weighted by Gasteiger charge is 2.49. The van der Waals surface area contributed by atoms with Crippen LogP contribution in [0.3, 0.4) is 0 Å². The lowest BCUT2D eigenvalue weighted by Crippen LogP contribution is -2.15. The van der Waals surface area contributed by atoms with Gasteiger partial charge in [-0.2, -0.15) is 0 Å². The molecule has 6 rings (SSSR count). The molecule has 28 heavy (non-hydrogen) atoms. The third-order valence-corrected chi connectivity index (χ3v) is 6.02. The van der Waals surface area contributed by atoms with Gasteiger partial charge in [0, 0.05) is 23.5 Å². The average molecular weight is 384 g/mol. The van der Waals surface area contributed by atoms with Crippen LogP contribution in [0.5, 0.6) is 28.7 Å². The minimum atomic E-state index is -0.103. The van der Waals surface area contributed by atoms with Crippen LogP contribution >= 0.6 is 0 Å². The first kappa shape index (κ1) is 16.3. The van der Waals surface area contributed by atoms with Crippen molar-refractivity contribution in [2.24, 2.45) is 11.8 Å². The maximum Gasteiger partial charge on any atom is 0.231 e. The second kappa shape index (κ2) is 6.18. The number of rotatable bonds is 3. The monoisotopic (exact) mass is 384 g/mol. The Morgan fingerprint density at radius 3 is 2.18 bits per heavy atom. The predicted octanol–water partition coefficient (Wildman–Crippen LogP) is 3.23. The van der Waals surface area contributed by atoms with Crippen LogP contribution in [-0.4, -0.2) is 33.9 Å². The lowest BCUT2D eigenvalue weighted by Gasteiger charge is -2.19. The SMILES string of the molecule is COc1cc2c(cc1[C@@H]1OC[C@H]3[C@H]1CO[C@@H]3c1ccc3c(c1)OCO3)OCO2. The largest absolute Gasteiger partial charge is 0.496 e. The van der Waals surface area contributed by atoms with Crippen LogP contribution in [-0.2, 0) is 9.47 Å². The van der Waals surface area contributed by atoms with E-state index in [1.165, 1.54) is 0 Å². The quantitative estimate of drug-likeness (QED) is 0.805. The predicted molar refractivity (Wildman–Crippen MR) is 96.0 cm³/mol. The third-order valence-electron chi connectivity index (χ3n) is 6.02. The maximum atomic E-state index is 6.24. The van der Waals surface area contributed by atoms with E-state index in [0.717, 1.165) is 34.1 Å². The topological polar surface area (TPSA) is 64.6 Å². The molecule has 4 atom stereocenters. The fourth-order valence-corrected chi connectivity index (χ4v) is 4.64. The van der Waals surface area contributed by atoms with E-state index in [1.807, 2.05) is 24.3 Å². The van der Waals surface area contributed by atoms with Gasteiger partial charge in [0.1, 0.15) is 5.75 Å². The molecule has 4 heterocycles. The third kappa shape index (κ3) is 2.36. The summed E-state index contributed by atoms with van der Waals surface area (Å²) in [6.45, 7) is 1.76. The zero-order valence-corrected chi connectivity index (χ0v) is 15.4. The Bertz CT molecular complexity index is 927. The van der Waals surface area contributed by atoms with Crippen molar-refractivity contribution in [3.8, 4) is 28.7 Å². The highest BCUT2D eigenvalue weighted by Crippen LogP contribution is 2.53. The van der Waals surface area contributed by atoms with Crippen LogP contribution in [0.1, 0.15) is 23.3 Å². The van der Waals surface area contributed by atoms with Crippen LogP contribution in [0.15, 0.2) is 30.3 Å². The molecule has 2 saturated heterocycles. The van der Waals surface area contributed by atoms with Gasteiger partial charge in [-0.1, -0.05) is 6.07 Å². The van der Waals surface area contributed by atoms with Crippen molar-refractivity contribution in [3.63, 3.8) is 0 Å². The van der Waals surface area contributed by atoms with Gasteiger partial charge in [0.05, 0.1) is 32.5 Å². The first-order valence-electron chi connectivity index (χ1n) is 9.42. The van der Waals surface area contributed by atoms with Gasteiger partial charge in [-0.05, 0) is 23.8 Å². The fraction of sp³-hybridized carbons (Fsp3) is 0.429. The van der Waals surface area contributed by atoms with Crippen molar-refractivity contribution in [2.45, 2.75) is 12.2 Å². The summed E-state index contributed by atoms with van der Waals surface area (Å²) >= 11 is 0. The van der Waals surface area contributed by atoms with Crippen molar-refractivity contribution < 1.29 is 33.2 Å². The number of methoxy groups -OCH3 is 1. The normalized spacial score (nSPS) is 29.2. The van der Waals surface area contributed by atoms with Crippen LogP contribution in [0, 0.1) is 11.8 Å². The van der Waals surface area contributed by atoms with E-state index in [-0.39, 0.29) is 37.6 Å². The van der Waals surface area contributed by atoms with E-state index >= 15 is 0 Å². The number of benzene rings is 2. The number of fused-ring (bicyclic) bond motifs is 3. The van der Waals surface area contributed by atoms with E-state index in [2.05, 4.69) is 6.07 Å². The summed E-state index contributed by atoms with van der Waals surface area (Å²) in [5.74, 6) is 4.25. The molecule has 0 N–H and O–H groups in total. The molecule has 0 radical (unpaired) electrons. The van der Waals surface area contributed by atoms with Gasteiger partial charge in [0.15, 0.2) is 23.0 Å². The minimum absolute atomic E-state index is 0.0236. The zero-order chi connectivity index (χ0) is 18.7. The van der Waals surface area contributed by atoms with Crippen molar-refractivity contribution in [1.29, 1.82) is 0 Å². The first-order chi connectivity index (χ1) is 13.8.